The van der Waals surface area contributed by atoms with Gasteiger partial charge in [0.1, 0.15) is 11.6 Å². The summed E-state index contributed by atoms with van der Waals surface area (Å²) in [7, 11) is 0. The minimum Gasteiger partial charge on any atom is -0.339 e. The van der Waals surface area contributed by atoms with E-state index in [4.69, 9.17) is 0 Å². The molecule has 0 radical (unpaired) electrons. The Morgan fingerprint density at radius 3 is 2.27 bits per heavy atom. The van der Waals surface area contributed by atoms with E-state index in [0.717, 1.165) is 28.9 Å². The van der Waals surface area contributed by atoms with Gasteiger partial charge in [-0.1, -0.05) is 6.07 Å². The van der Waals surface area contributed by atoms with E-state index in [2.05, 4.69) is 26.9 Å². The van der Waals surface area contributed by atoms with Crippen LogP contribution >= 0.6 is 0 Å². The van der Waals surface area contributed by atoms with Crippen molar-refractivity contribution in [1.29, 1.82) is 0 Å². The lowest BCUT2D eigenvalue weighted by molar-refractivity contribution is 0.102. The predicted octanol–water partition coefficient (Wildman–Crippen LogP) is 4.37. The molecule has 132 valence electrons. The normalized spacial score (nSPS) is 10.5. The van der Waals surface area contributed by atoms with E-state index in [1.54, 1.807) is 6.07 Å². The Balaban J connectivity index is 1.71. The molecular formula is C19H16F2N4O. The third-order valence-electron chi connectivity index (χ3n) is 3.57. The quantitative estimate of drug-likeness (QED) is 0.730. The number of hydrogen-bond donors (Lipinski definition) is 2. The van der Waals surface area contributed by atoms with E-state index in [9.17, 15) is 13.6 Å². The third kappa shape index (κ3) is 4.18. The topological polar surface area (TPSA) is 66.9 Å². The molecule has 3 aromatic rings. The number of aryl methyl sites for hydroxylation is 2. The van der Waals surface area contributed by atoms with E-state index in [1.807, 2.05) is 26.0 Å². The molecule has 0 bridgehead atoms. The maximum atomic E-state index is 13.6. The van der Waals surface area contributed by atoms with Crippen LogP contribution in [0.15, 0.2) is 48.5 Å². The van der Waals surface area contributed by atoms with Crippen molar-refractivity contribution in [3.63, 3.8) is 0 Å². The Hall–Kier alpha value is -3.35. The van der Waals surface area contributed by atoms with Crippen LogP contribution in [-0.4, -0.2) is 16.1 Å². The molecule has 1 aromatic heterocycles. The smallest absolute Gasteiger partial charge is 0.276 e. The summed E-state index contributed by atoms with van der Waals surface area (Å²) in [4.78, 5) is 12.1. The summed E-state index contributed by atoms with van der Waals surface area (Å²) in [5.74, 6) is -1.75. The molecule has 0 unspecified atom stereocenters. The van der Waals surface area contributed by atoms with Gasteiger partial charge in [0.05, 0.1) is 5.69 Å². The van der Waals surface area contributed by atoms with E-state index in [0.29, 0.717) is 11.9 Å². The fraction of sp³-hybridized carbons (Fsp3) is 0.105. The number of nitrogens with zero attached hydrogens (tertiary/aromatic N) is 2. The van der Waals surface area contributed by atoms with Gasteiger partial charge in [0.25, 0.3) is 5.91 Å². The highest BCUT2D eigenvalue weighted by atomic mass is 19.1. The minimum absolute atomic E-state index is 0.0136. The molecule has 1 heterocycles. The van der Waals surface area contributed by atoms with Gasteiger partial charge in [-0.25, -0.2) is 8.78 Å². The summed E-state index contributed by atoms with van der Waals surface area (Å²) in [5, 5.41) is 13.2. The molecule has 3 rings (SSSR count). The zero-order chi connectivity index (χ0) is 18.7. The van der Waals surface area contributed by atoms with Gasteiger partial charge in [0, 0.05) is 11.8 Å². The highest BCUT2D eigenvalue weighted by Crippen LogP contribution is 2.19. The molecule has 0 saturated heterocycles. The first-order chi connectivity index (χ1) is 12.4. The van der Waals surface area contributed by atoms with Crippen molar-refractivity contribution in [2.24, 2.45) is 0 Å². The maximum Gasteiger partial charge on any atom is 0.276 e. The number of aromatic nitrogens is 2. The predicted molar refractivity (Wildman–Crippen MR) is 95.5 cm³/mol. The Morgan fingerprint density at radius 1 is 0.923 bits per heavy atom. The van der Waals surface area contributed by atoms with Crippen LogP contribution in [0.4, 0.5) is 26.0 Å². The summed E-state index contributed by atoms with van der Waals surface area (Å²) in [5.41, 5.74) is 2.97. The molecular weight excluding hydrogens is 338 g/mol. The average Bonchev–Trinajstić information content (AvgIpc) is 2.57. The Labute approximate surface area is 149 Å². The molecule has 0 atom stereocenters. The number of halogens is 2. The number of rotatable bonds is 4. The van der Waals surface area contributed by atoms with Crippen LogP contribution in [0.2, 0.25) is 0 Å². The van der Waals surface area contributed by atoms with Gasteiger partial charge >= 0.3 is 0 Å². The molecule has 0 aliphatic rings. The van der Waals surface area contributed by atoms with Crippen LogP contribution in [-0.2, 0) is 0 Å². The molecule has 0 spiro atoms. The first kappa shape index (κ1) is 17.5. The van der Waals surface area contributed by atoms with Crippen LogP contribution in [0.3, 0.4) is 0 Å². The fourth-order valence-corrected chi connectivity index (χ4v) is 2.49. The van der Waals surface area contributed by atoms with Crippen LogP contribution in [0.5, 0.6) is 0 Å². The second-order valence-corrected chi connectivity index (χ2v) is 5.88. The van der Waals surface area contributed by atoms with Crippen molar-refractivity contribution < 1.29 is 13.6 Å². The Morgan fingerprint density at radius 2 is 1.65 bits per heavy atom. The van der Waals surface area contributed by atoms with Gasteiger partial charge < -0.3 is 10.6 Å². The van der Waals surface area contributed by atoms with Crippen LogP contribution in [0.1, 0.15) is 21.6 Å². The van der Waals surface area contributed by atoms with Gasteiger partial charge in [-0.3, -0.25) is 4.79 Å². The van der Waals surface area contributed by atoms with Crippen molar-refractivity contribution in [2.75, 3.05) is 10.6 Å². The fourth-order valence-electron chi connectivity index (χ4n) is 2.49. The van der Waals surface area contributed by atoms with Gasteiger partial charge in [-0.2, -0.15) is 0 Å². The average molecular weight is 354 g/mol. The van der Waals surface area contributed by atoms with Crippen molar-refractivity contribution in [1.82, 2.24) is 10.2 Å². The number of hydrogen-bond acceptors (Lipinski definition) is 4. The first-order valence-corrected chi connectivity index (χ1v) is 7.86. The number of amides is 1. The molecule has 0 fully saturated rings. The van der Waals surface area contributed by atoms with Crippen molar-refractivity contribution >= 4 is 23.1 Å². The first-order valence-electron chi connectivity index (χ1n) is 7.86. The van der Waals surface area contributed by atoms with Crippen LogP contribution in [0, 0.1) is 25.5 Å². The van der Waals surface area contributed by atoms with E-state index in [1.165, 1.54) is 6.07 Å². The summed E-state index contributed by atoms with van der Waals surface area (Å²) >= 11 is 0. The molecule has 2 N–H and O–H groups in total. The second-order valence-electron chi connectivity index (χ2n) is 5.88. The third-order valence-corrected chi connectivity index (χ3v) is 3.57. The SMILES string of the molecule is Cc1cc(C)cc(Nc2ccc(C(=O)Nc3ccc(F)cc3F)nn2)c1. The van der Waals surface area contributed by atoms with Gasteiger partial charge in [-0.15, -0.1) is 10.2 Å². The van der Waals surface area contributed by atoms with E-state index in [-0.39, 0.29) is 11.4 Å². The zero-order valence-electron chi connectivity index (χ0n) is 14.2. The van der Waals surface area contributed by atoms with Crippen molar-refractivity contribution in [3.05, 3.63) is 77.0 Å². The Kier molecular flexibility index (Phi) is 4.88. The lowest BCUT2D eigenvalue weighted by atomic mass is 10.1. The zero-order valence-corrected chi connectivity index (χ0v) is 14.2. The molecule has 1 amide bonds. The van der Waals surface area contributed by atoms with Crippen LogP contribution < -0.4 is 10.6 Å². The molecule has 26 heavy (non-hydrogen) atoms. The molecule has 7 heteroatoms. The van der Waals surface area contributed by atoms with Gasteiger partial charge in [0.2, 0.25) is 0 Å². The largest absolute Gasteiger partial charge is 0.339 e. The summed E-state index contributed by atoms with van der Waals surface area (Å²) < 4.78 is 26.5. The van der Waals surface area contributed by atoms with E-state index < -0.39 is 17.5 Å². The minimum atomic E-state index is -0.862. The molecule has 5 nitrogen and oxygen atoms in total. The summed E-state index contributed by atoms with van der Waals surface area (Å²) in [6.45, 7) is 3.98. The lowest BCUT2D eigenvalue weighted by Gasteiger charge is -2.08. The highest BCUT2D eigenvalue weighted by Gasteiger charge is 2.12. The molecule has 0 aliphatic carbocycles. The van der Waals surface area contributed by atoms with Crippen LogP contribution in [0.25, 0.3) is 0 Å². The van der Waals surface area contributed by atoms with Crippen molar-refractivity contribution in [3.8, 4) is 0 Å². The monoisotopic (exact) mass is 354 g/mol. The van der Waals surface area contributed by atoms with Crippen molar-refractivity contribution in [2.45, 2.75) is 13.8 Å². The summed E-state index contributed by atoms with van der Waals surface area (Å²) in [6.07, 6.45) is 0. The molecule has 0 aliphatic heterocycles. The standard InChI is InChI=1S/C19H16F2N4O/c1-11-7-12(2)9-14(8-11)22-18-6-5-17(24-25-18)19(26)23-16-4-3-13(20)10-15(16)21/h3-10H,1-2H3,(H,22,25)(H,23,26). The second kappa shape index (κ2) is 7.26. The highest BCUT2D eigenvalue weighted by molar-refractivity contribution is 6.02. The number of carbonyl (C=O) groups is 1. The van der Waals surface area contributed by atoms with E-state index >= 15 is 0 Å². The van der Waals surface area contributed by atoms with Gasteiger partial charge in [0.15, 0.2) is 11.5 Å². The molecule has 2 aromatic carbocycles. The van der Waals surface area contributed by atoms with Gasteiger partial charge in [-0.05, 0) is 61.4 Å². The number of benzene rings is 2. The lowest BCUT2D eigenvalue weighted by Crippen LogP contribution is -2.15. The summed E-state index contributed by atoms with van der Waals surface area (Å²) in [6, 6.07) is 11.9. The Bertz CT molecular complexity index is 938. The number of anilines is 3. The number of carbonyl (C=O) groups excluding carboxylic acids is 1. The maximum absolute atomic E-state index is 13.6. The molecule has 0 saturated carbocycles. The number of nitrogens with one attached hydrogen (secondary N) is 2.